The lowest BCUT2D eigenvalue weighted by Crippen LogP contribution is -2.21. The SMILES string of the molecule is CCc1ccsc1CNCC(C)CCCN. The van der Waals surface area contributed by atoms with Crippen LogP contribution in [0.5, 0.6) is 0 Å². The van der Waals surface area contributed by atoms with Gasteiger partial charge in [-0.25, -0.2) is 0 Å². The molecule has 1 aromatic heterocycles. The second kappa shape index (κ2) is 7.82. The van der Waals surface area contributed by atoms with E-state index in [2.05, 4.69) is 30.6 Å². The summed E-state index contributed by atoms with van der Waals surface area (Å²) in [5.41, 5.74) is 6.99. The summed E-state index contributed by atoms with van der Waals surface area (Å²) in [6.07, 6.45) is 3.51. The molecule has 0 aromatic carbocycles. The molecule has 0 bridgehead atoms. The molecule has 0 saturated heterocycles. The highest BCUT2D eigenvalue weighted by molar-refractivity contribution is 7.10. The minimum atomic E-state index is 0.730. The van der Waals surface area contributed by atoms with Gasteiger partial charge in [-0.05, 0) is 55.3 Å². The molecule has 16 heavy (non-hydrogen) atoms. The second-order valence-electron chi connectivity index (χ2n) is 4.39. The van der Waals surface area contributed by atoms with Gasteiger partial charge in [-0.1, -0.05) is 13.8 Å². The Bertz CT molecular complexity index is 283. The highest BCUT2D eigenvalue weighted by Crippen LogP contribution is 2.17. The summed E-state index contributed by atoms with van der Waals surface area (Å²) < 4.78 is 0. The van der Waals surface area contributed by atoms with Crippen molar-refractivity contribution in [1.82, 2.24) is 5.32 Å². The van der Waals surface area contributed by atoms with Gasteiger partial charge < -0.3 is 11.1 Å². The molecule has 2 nitrogen and oxygen atoms in total. The zero-order valence-corrected chi connectivity index (χ0v) is 11.3. The predicted octanol–water partition coefficient (Wildman–Crippen LogP) is 2.78. The molecule has 3 heteroatoms. The van der Waals surface area contributed by atoms with Crippen molar-refractivity contribution in [3.63, 3.8) is 0 Å². The third kappa shape index (κ3) is 4.64. The molecule has 0 spiro atoms. The van der Waals surface area contributed by atoms with Crippen LogP contribution in [0, 0.1) is 5.92 Å². The van der Waals surface area contributed by atoms with Crippen molar-refractivity contribution < 1.29 is 0 Å². The summed E-state index contributed by atoms with van der Waals surface area (Å²) >= 11 is 1.86. The maximum absolute atomic E-state index is 5.50. The van der Waals surface area contributed by atoms with Gasteiger partial charge in [0, 0.05) is 11.4 Å². The van der Waals surface area contributed by atoms with Crippen molar-refractivity contribution in [1.29, 1.82) is 0 Å². The average Bonchev–Trinajstić information content (AvgIpc) is 2.74. The summed E-state index contributed by atoms with van der Waals surface area (Å²) in [7, 11) is 0. The molecule has 1 atom stereocenters. The Kier molecular flexibility index (Phi) is 6.69. The Morgan fingerprint density at radius 3 is 3.00 bits per heavy atom. The number of hydrogen-bond acceptors (Lipinski definition) is 3. The van der Waals surface area contributed by atoms with E-state index < -0.39 is 0 Å². The van der Waals surface area contributed by atoms with E-state index in [1.54, 1.807) is 0 Å². The fraction of sp³-hybridized carbons (Fsp3) is 0.692. The van der Waals surface area contributed by atoms with Crippen LogP contribution in [0.2, 0.25) is 0 Å². The van der Waals surface area contributed by atoms with Gasteiger partial charge in [0.05, 0.1) is 0 Å². The minimum absolute atomic E-state index is 0.730. The number of aryl methyl sites for hydroxylation is 1. The average molecular weight is 240 g/mol. The topological polar surface area (TPSA) is 38.0 Å². The highest BCUT2D eigenvalue weighted by Gasteiger charge is 2.04. The molecule has 0 fully saturated rings. The maximum Gasteiger partial charge on any atom is 0.0302 e. The van der Waals surface area contributed by atoms with E-state index in [4.69, 9.17) is 5.73 Å². The zero-order chi connectivity index (χ0) is 11.8. The lowest BCUT2D eigenvalue weighted by atomic mass is 10.1. The Balaban J connectivity index is 2.20. The van der Waals surface area contributed by atoms with Crippen molar-refractivity contribution in [2.24, 2.45) is 11.7 Å². The van der Waals surface area contributed by atoms with Crippen molar-refractivity contribution in [2.75, 3.05) is 13.1 Å². The molecule has 0 radical (unpaired) electrons. The van der Waals surface area contributed by atoms with E-state index in [-0.39, 0.29) is 0 Å². The summed E-state index contributed by atoms with van der Waals surface area (Å²) in [5.74, 6) is 0.730. The number of thiophene rings is 1. The summed E-state index contributed by atoms with van der Waals surface area (Å²) in [5, 5.41) is 5.73. The highest BCUT2D eigenvalue weighted by atomic mass is 32.1. The molecule has 0 amide bonds. The first-order valence-electron chi connectivity index (χ1n) is 6.24. The molecule has 92 valence electrons. The number of hydrogen-bond donors (Lipinski definition) is 2. The van der Waals surface area contributed by atoms with Crippen LogP contribution in [-0.2, 0) is 13.0 Å². The van der Waals surface area contributed by atoms with Gasteiger partial charge in [0.25, 0.3) is 0 Å². The third-order valence-electron chi connectivity index (χ3n) is 2.90. The molecule has 0 aliphatic rings. The molecular formula is C13H24N2S. The Morgan fingerprint density at radius 2 is 2.31 bits per heavy atom. The molecule has 0 aliphatic heterocycles. The molecule has 3 N–H and O–H groups in total. The van der Waals surface area contributed by atoms with Crippen LogP contribution < -0.4 is 11.1 Å². The Labute approximate surface area is 103 Å². The fourth-order valence-corrected chi connectivity index (χ4v) is 2.78. The van der Waals surface area contributed by atoms with E-state index in [0.29, 0.717) is 0 Å². The lowest BCUT2D eigenvalue weighted by molar-refractivity contribution is 0.470. The molecular weight excluding hydrogens is 216 g/mol. The van der Waals surface area contributed by atoms with Crippen LogP contribution in [0.3, 0.4) is 0 Å². The van der Waals surface area contributed by atoms with Crippen molar-refractivity contribution in [3.05, 3.63) is 21.9 Å². The van der Waals surface area contributed by atoms with Crippen molar-refractivity contribution in [3.8, 4) is 0 Å². The number of nitrogens with two attached hydrogens (primary N) is 1. The number of rotatable bonds is 8. The molecule has 1 unspecified atom stereocenters. The first-order chi connectivity index (χ1) is 7.77. The third-order valence-corrected chi connectivity index (χ3v) is 3.86. The minimum Gasteiger partial charge on any atom is -0.330 e. The second-order valence-corrected chi connectivity index (χ2v) is 5.39. The molecule has 1 aromatic rings. The van der Waals surface area contributed by atoms with Gasteiger partial charge in [-0.15, -0.1) is 11.3 Å². The van der Waals surface area contributed by atoms with E-state index in [0.717, 1.165) is 38.4 Å². The van der Waals surface area contributed by atoms with E-state index in [9.17, 15) is 0 Å². The van der Waals surface area contributed by atoms with Crippen molar-refractivity contribution >= 4 is 11.3 Å². The Hall–Kier alpha value is -0.380. The van der Waals surface area contributed by atoms with Crippen LogP contribution in [-0.4, -0.2) is 13.1 Å². The van der Waals surface area contributed by atoms with Crippen LogP contribution in [0.15, 0.2) is 11.4 Å². The summed E-state index contributed by atoms with van der Waals surface area (Å²) in [6, 6.07) is 2.24. The van der Waals surface area contributed by atoms with Crippen LogP contribution >= 0.6 is 11.3 Å². The quantitative estimate of drug-likeness (QED) is 0.733. The van der Waals surface area contributed by atoms with Gasteiger partial charge >= 0.3 is 0 Å². The maximum atomic E-state index is 5.50. The fourth-order valence-electron chi connectivity index (χ4n) is 1.84. The van der Waals surface area contributed by atoms with Crippen LogP contribution in [0.25, 0.3) is 0 Å². The monoisotopic (exact) mass is 240 g/mol. The molecule has 1 heterocycles. The largest absolute Gasteiger partial charge is 0.330 e. The Morgan fingerprint density at radius 1 is 1.50 bits per heavy atom. The lowest BCUT2D eigenvalue weighted by Gasteiger charge is -2.11. The van der Waals surface area contributed by atoms with Gasteiger partial charge in [0.15, 0.2) is 0 Å². The standard InChI is InChI=1S/C13H24N2S/c1-3-12-6-8-16-13(12)10-15-9-11(2)5-4-7-14/h6,8,11,15H,3-5,7,9-10,14H2,1-2H3. The van der Waals surface area contributed by atoms with E-state index >= 15 is 0 Å². The van der Waals surface area contributed by atoms with Crippen LogP contribution in [0.1, 0.15) is 37.1 Å². The summed E-state index contributed by atoms with van der Waals surface area (Å²) in [6.45, 7) is 7.44. The van der Waals surface area contributed by atoms with Gasteiger partial charge in [-0.3, -0.25) is 0 Å². The summed E-state index contributed by atoms with van der Waals surface area (Å²) in [4.78, 5) is 1.49. The van der Waals surface area contributed by atoms with Crippen molar-refractivity contribution in [2.45, 2.75) is 39.7 Å². The molecule has 1 rings (SSSR count). The van der Waals surface area contributed by atoms with E-state index in [1.165, 1.54) is 16.9 Å². The normalized spacial score (nSPS) is 12.9. The van der Waals surface area contributed by atoms with Gasteiger partial charge in [0.2, 0.25) is 0 Å². The van der Waals surface area contributed by atoms with Gasteiger partial charge in [0.1, 0.15) is 0 Å². The first kappa shape index (κ1) is 13.7. The first-order valence-corrected chi connectivity index (χ1v) is 7.11. The van der Waals surface area contributed by atoms with Crippen LogP contribution in [0.4, 0.5) is 0 Å². The number of nitrogens with one attached hydrogen (secondary N) is 1. The zero-order valence-electron chi connectivity index (χ0n) is 10.5. The predicted molar refractivity (Wildman–Crippen MR) is 72.9 cm³/mol. The molecule has 0 saturated carbocycles. The smallest absolute Gasteiger partial charge is 0.0302 e. The van der Waals surface area contributed by atoms with Gasteiger partial charge in [-0.2, -0.15) is 0 Å². The van der Waals surface area contributed by atoms with E-state index in [1.807, 2.05) is 11.3 Å². The molecule has 0 aliphatic carbocycles.